The van der Waals surface area contributed by atoms with Gasteiger partial charge in [-0.05, 0) is 56.4 Å². The topological polar surface area (TPSA) is 33.2 Å². The molecule has 0 fully saturated rings. The number of rotatable bonds is 1. The van der Waals surface area contributed by atoms with Gasteiger partial charge < -0.3 is 4.90 Å². The number of hydrogen-bond acceptors (Lipinski definition) is 4. The van der Waals surface area contributed by atoms with E-state index in [0.29, 0.717) is 0 Å². The molecular formula is C20H24N2OS. The lowest BCUT2D eigenvalue weighted by Crippen LogP contribution is -2.17. The molecule has 1 heterocycles. The molecule has 0 amide bonds. The molecule has 0 spiro atoms. The molecule has 0 aliphatic heterocycles. The monoisotopic (exact) mass is 340 g/mol. The fourth-order valence-corrected chi connectivity index (χ4v) is 3.21. The summed E-state index contributed by atoms with van der Waals surface area (Å²) in [5.74, 6) is 0.0554. The van der Waals surface area contributed by atoms with Gasteiger partial charge >= 0.3 is 0 Å². The van der Waals surface area contributed by atoms with E-state index < -0.39 is 0 Å². The molecule has 0 N–H and O–H groups in total. The van der Waals surface area contributed by atoms with Crippen molar-refractivity contribution in [1.82, 2.24) is 9.27 Å². The van der Waals surface area contributed by atoms with Crippen LogP contribution in [-0.2, 0) is 4.79 Å². The summed E-state index contributed by atoms with van der Waals surface area (Å²) in [7, 11) is 3.92. The van der Waals surface area contributed by atoms with Crippen LogP contribution in [-0.4, -0.2) is 29.2 Å². The van der Waals surface area contributed by atoms with Crippen LogP contribution in [0.15, 0.2) is 35.1 Å². The quantitative estimate of drug-likeness (QED) is 0.558. The number of ketones is 1. The van der Waals surface area contributed by atoms with Crippen molar-refractivity contribution in [1.29, 1.82) is 0 Å². The summed E-state index contributed by atoms with van der Waals surface area (Å²) >= 11 is 1.47. The van der Waals surface area contributed by atoms with Crippen molar-refractivity contribution in [2.24, 2.45) is 0 Å². The minimum Gasteiger partial charge on any atom is -0.381 e. The maximum Gasteiger partial charge on any atom is 0.191 e. The zero-order chi connectivity index (χ0) is 18.4. The van der Waals surface area contributed by atoms with E-state index in [4.69, 9.17) is 0 Å². The number of aromatic nitrogens is 1. The van der Waals surface area contributed by atoms with Gasteiger partial charge in [0.25, 0.3) is 0 Å². The highest BCUT2D eigenvalue weighted by Gasteiger charge is 2.24. The van der Waals surface area contributed by atoms with E-state index in [2.05, 4.69) is 24.1 Å². The lowest BCUT2D eigenvalue weighted by Gasteiger charge is -2.20. The molecule has 1 aromatic rings. The summed E-state index contributed by atoms with van der Waals surface area (Å²) in [4.78, 5) is 16.1. The van der Waals surface area contributed by atoms with Gasteiger partial charge in [-0.25, -0.2) is 0 Å². The summed E-state index contributed by atoms with van der Waals surface area (Å²) in [6.07, 6.45) is 15.8. The summed E-state index contributed by atoms with van der Waals surface area (Å²) < 4.78 is 4.60. The van der Waals surface area contributed by atoms with Crippen LogP contribution in [0, 0.1) is 19.8 Å². The Morgan fingerprint density at radius 2 is 1.92 bits per heavy atom. The highest BCUT2D eigenvalue weighted by atomic mass is 32.1. The zero-order valence-electron chi connectivity index (χ0n) is 15.2. The third kappa shape index (κ3) is 3.74. The molecule has 1 aliphatic carbocycles. The van der Waals surface area contributed by atoms with Crippen LogP contribution >= 0.6 is 11.5 Å². The molecule has 24 heavy (non-hydrogen) atoms. The minimum absolute atomic E-state index is 0.0554. The standard InChI is InChI=1S/C18H22N2OS.C2H2/c1-7-14-16(13(4)20(5)6)18(21)11(2)9-8-10-15-12(3)17(14)19-22-15;1-2/h7-10H,1-6H3;1-2H/b10-8-,11-9+,14-7+,16-13-;. The fourth-order valence-electron chi connectivity index (χ4n) is 2.41. The Balaban J connectivity index is 0.00000139. The maximum absolute atomic E-state index is 13.0. The third-order valence-electron chi connectivity index (χ3n) is 3.98. The molecule has 0 unspecified atom stereocenters. The first-order valence-corrected chi connectivity index (χ1v) is 8.40. The molecule has 0 saturated heterocycles. The lowest BCUT2D eigenvalue weighted by atomic mass is 9.90. The number of allylic oxidation sites excluding steroid dienone is 7. The van der Waals surface area contributed by atoms with Gasteiger partial charge in [-0.1, -0.05) is 18.2 Å². The Bertz CT molecular complexity index is 771. The van der Waals surface area contributed by atoms with Crippen LogP contribution in [0.2, 0.25) is 0 Å². The lowest BCUT2D eigenvalue weighted by molar-refractivity contribution is -0.111. The van der Waals surface area contributed by atoms with Crippen LogP contribution in [0.4, 0.5) is 0 Å². The highest BCUT2D eigenvalue weighted by molar-refractivity contribution is 7.07. The Morgan fingerprint density at radius 3 is 2.46 bits per heavy atom. The molecule has 0 atom stereocenters. The molecule has 0 aromatic carbocycles. The van der Waals surface area contributed by atoms with Crippen LogP contribution in [0.1, 0.15) is 36.9 Å². The molecule has 0 radical (unpaired) electrons. The third-order valence-corrected chi connectivity index (χ3v) is 4.90. The van der Waals surface area contributed by atoms with E-state index in [9.17, 15) is 4.79 Å². The number of nitrogens with zero attached hydrogens (tertiary/aromatic N) is 2. The summed E-state index contributed by atoms with van der Waals surface area (Å²) in [5, 5.41) is 0. The van der Waals surface area contributed by atoms with Gasteiger partial charge in [-0.15, -0.1) is 12.8 Å². The second-order valence-electron chi connectivity index (χ2n) is 5.62. The Hall–Kier alpha value is -2.38. The first-order chi connectivity index (χ1) is 11.4. The average molecular weight is 340 g/mol. The molecule has 0 saturated carbocycles. The first-order valence-electron chi connectivity index (χ1n) is 7.63. The Labute approximate surface area is 149 Å². The minimum atomic E-state index is 0.0554. The van der Waals surface area contributed by atoms with Crippen molar-refractivity contribution in [2.75, 3.05) is 14.1 Å². The smallest absolute Gasteiger partial charge is 0.191 e. The van der Waals surface area contributed by atoms with Crippen molar-refractivity contribution >= 4 is 29.0 Å². The summed E-state index contributed by atoms with van der Waals surface area (Å²) in [5.41, 5.74) is 5.36. The van der Waals surface area contributed by atoms with Gasteiger partial charge in [-0.2, -0.15) is 4.37 Å². The number of carbonyl (C=O) groups is 1. The number of carbonyl (C=O) groups excluding carboxylic acids is 1. The molecule has 2 bridgehead atoms. The van der Waals surface area contributed by atoms with E-state index in [1.165, 1.54) is 11.5 Å². The van der Waals surface area contributed by atoms with Gasteiger partial charge in [0.2, 0.25) is 0 Å². The largest absolute Gasteiger partial charge is 0.381 e. The fraction of sp³-hybridized carbons (Fsp3) is 0.300. The van der Waals surface area contributed by atoms with Crippen molar-refractivity contribution in [2.45, 2.75) is 27.7 Å². The summed E-state index contributed by atoms with van der Waals surface area (Å²) in [6.45, 7) is 7.87. The van der Waals surface area contributed by atoms with Gasteiger partial charge in [0.15, 0.2) is 5.78 Å². The van der Waals surface area contributed by atoms with Crippen molar-refractivity contribution < 1.29 is 4.79 Å². The summed E-state index contributed by atoms with van der Waals surface area (Å²) in [6, 6.07) is 0. The average Bonchev–Trinajstić information content (AvgIpc) is 2.92. The van der Waals surface area contributed by atoms with Crippen molar-refractivity contribution in [3.8, 4) is 12.8 Å². The van der Waals surface area contributed by atoms with Crippen molar-refractivity contribution in [3.05, 3.63) is 51.2 Å². The van der Waals surface area contributed by atoms with E-state index >= 15 is 0 Å². The predicted molar refractivity (Wildman–Crippen MR) is 105 cm³/mol. The van der Waals surface area contributed by atoms with Crippen molar-refractivity contribution in [3.63, 3.8) is 0 Å². The Kier molecular flexibility index (Phi) is 6.94. The molecule has 4 heteroatoms. The van der Waals surface area contributed by atoms with E-state index in [1.54, 1.807) is 0 Å². The first kappa shape index (κ1) is 19.7. The van der Waals surface area contributed by atoms with E-state index in [0.717, 1.165) is 38.6 Å². The zero-order valence-corrected chi connectivity index (χ0v) is 16.0. The van der Waals surface area contributed by atoms with Crippen LogP contribution in [0.25, 0.3) is 11.6 Å². The molecule has 1 aromatic heterocycles. The second kappa shape index (κ2) is 8.47. The molecular weight excluding hydrogens is 316 g/mol. The van der Waals surface area contributed by atoms with Crippen LogP contribution < -0.4 is 0 Å². The van der Waals surface area contributed by atoms with E-state index in [1.807, 2.05) is 64.1 Å². The molecule has 2 rings (SSSR count). The predicted octanol–water partition coefficient (Wildman–Crippen LogP) is 4.48. The number of terminal acetylenes is 1. The Morgan fingerprint density at radius 1 is 1.29 bits per heavy atom. The molecule has 3 nitrogen and oxygen atoms in total. The normalized spacial score (nSPS) is 21.2. The number of Topliss-reactive ketones (excluding diaryl/α,β-unsaturated/α-hetero) is 1. The second-order valence-corrected chi connectivity index (χ2v) is 6.42. The van der Waals surface area contributed by atoms with Gasteiger partial charge in [0.1, 0.15) is 0 Å². The van der Waals surface area contributed by atoms with Crippen LogP contribution in [0.3, 0.4) is 0 Å². The maximum atomic E-state index is 13.0. The number of fused-ring (bicyclic) bond motifs is 2. The van der Waals surface area contributed by atoms with Crippen LogP contribution in [0.5, 0.6) is 0 Å². The van der Waals surface area contributed by atoms with Gasteiger partial charge in [-0.3, -0.25) is 4.79 Å². The number of hydrogen-bond donors (Lipinski definition) is 0. The SMILES string of the molecule is C#C.C/C=C1\C(=C(/C)N(C)C)C(=O)/C(C)=C/C=C\c2snc1c2C. The van der Waals surface area contributed by atoms with Gasteiger partial charge in [0.05, 0.1) is 16.1 Å². The van der Waals surface area contributed by atoms with Gasteiger partial charge in [0, 0.05) is 25.4 Å². The molecule has 126 valence electrons. The molecule has 1 aliphatic rings. The van der Waals surface area contributed by atoms with E-state index in [-0.39, 0.29) is 5.78 Å². The highest BCUT2D eigenvalue weighted by Crippen LogP contribution is 2.34.